The van der Waals surface area contributed by atoms with Crippen LogP contribution in [0.4, 0.5) is 4.79 Å². The van der Waals surface area contributed by atoms with Gasteiger partial charge in [0.1, 0.15) is 0 Å². The first kappa shape index (κ1) is 17.5. The molecule has 2 heterocycles. The highest BCUT2D eigenvalue weighted by Gasteiger charge is 2.24. The zero-order valence-corrected chi connectivity index (χ0v) is 14.0. The third-order valence-electron chi connectivity index (χ3n) is 4.10. The van der Waals surface area contributed by atoms with Gasteiger partial charge in [-0.3, -0.25) is 14.7 Å². The van der Waals surface area contributed by atoms with Gasteiger partial charge in [-0.2, -0.15) is 0 Å². The molecule has 2 fully saturated rings. The molecule has 0 atom stereocenters. The van der Waals surface area contributed by atoms with E-state index in [0.29, 0.717) is 13.3 Å². The Morgan fingerprint density at radius 1 is 0.955 bits per heavy atom. The molecule has 0 radical (unpaired) electrons. The van der Waals surface area contributed by atoms with Gasteiger partial charge in [0, 0.05) is 39.8 Å². The van der Waals surface area contributed by atoms with E-state index >= 15 is 0 Å². The van der Waals surface area contributed by atoms with Gasteiger partial charge < -0.3 is 14.4 Å². The Hall–Kier alpha value is -0.890. The molecule has 0 saturated carbocycles. The highest BCUT2D eigenvalue weighted by atomic mass is 16.5. The van der Waals surface area contributed by atoms with Gasteiger partial charge in [0.25, 0.3) is 0 Å². The van der Waals surface area contributed by atoms with Gasteiger partial charge in [-0.15, -0.1) is 0 Å². The Bertz CT molecular complexity index is 311. The summed E-state index contributed by atoms with van der Waals surface area (Å²) in [4.78, 5) is 21.1. The normalized spacial score (nSPS) is 20.8. The number of carbonyl (C=O) groups excluding carboxylic acids is 1. The van der Waals surface area contributed by atoms with E-state index in [4.69, 9.17) is 9.47 Å². The maximum atomic E-state index is 12.7. The first-order chi connectivity index (χ1) is 10.7. The van der Waals surface area contributed by atoms with Crippen molar-refractivity contribution in [2.45, 2.75) is 13.3 Å². The predicted octanol–water partition coefficient (Wildman–Crippen LogP) is 0.330. The maximum Gasteiger partial charge on any atom is 0.321 e. The Morgan fingerprint density at radius 3 is 1.82 bits per heavy atom. The van der Waals surface area contributed by atoms with Crippen molar-refractivity contribution >= 4 is 6.03 Å². The third kappa shape index (κ3) is 5.39. The number of hydrogen-bond donors (Lipinski definition) is 0. The van der Waals surface area contributed by atoms with Gasteiger partial charge in [0.05, 0.1) is 39.8 Å². The molecule has 7 heteroatoms. The SMILES string of the molecule is CCCN(C)C(=O)N(CN1CCOCC1)CN1CCOCC1. The quantitative estimate of drug-likeness (QED) is 0.707. The van der Waals surface area contributed by atoms with Gasteiger partial charge in [0.2, 0.25) is 0 Å². The fourth-order valence-electron chi connectivity index (χ4n) is 2.81. The summed E-state index contributed by atoms with van der Waals surface area (Å²) < 4.78 is 10.8. The number of ether oxygens (including phenoxy) is 2. The molecule has 2 rings (SSSR count). The molecule has 0 aromatic heterocycles. The van der Waals surface area contributed by atoms with Crippen molar-refractivity contribution in [1.29, 1.82) is 0 Å². The van der Waals surface area contributed by atoms with E-state index in [2.05, 4.69) is 16.7 Å². The second-order valence-electron chi connectivity index (χ2n) is 5.99. The molecule has 0 N–H and O–H groups in total. The minimum Gasteiger partial charge on any atom is -0.379 e. The lowest BCUT2D eigenvalue weighted by atomic mass is 10.4. The molecule has 128 valence electrons. The van der Waals surface area contributed by atoms with E-state index < -0.39 is 0 Å². The van der Waals surface area contributed by atoms with Crippen LogP contribution in [0.3, 0.4) is 0 Å². The molecular formula is C15H30N4O3. The summed E-state index contributed by atoms with van der Waals surface area (Å²) >= 11 is 0. The number of morpholine rings is 2. The largest absolute Gasteiger partial charge is 0.379 e. The number of hydrogen-bond acceptors (Lipinski definition) is 5. The van der Waals surface area contributed by atoms with Crippen molar-refractivity contribution in [3.63, 3.8) is 0 Å². The number of amides is 2. The molecule has 0 unspecified atom stereocenters. The lowest BCUT2D eigenvalue weighted by Crippen LogP contribution is -2.54. The summed E-state index contributed by atoms with van der Waals surface area (Å²) in [6, 6.07) is 0.111. The fourth-order valence-corrected chi connectivity index (χ4v) is 2.81. The number of rotatable bonds is 6. The second-order valence-corrected chi connectivity index (χ2v) is 5.99. The summed E-state index contributed by atoms with van der Waals surface area (Å²) in [6.07, 6.45) is 0.977. The Morgan fingerprint density at radius 2 is 1.41 bits per heavy atom. The predicted molar refractivity (Wildman–Crippen MR) is 84.7 cm³/mol. The smallest absolute Gasteiger partial charge is 0.321 e. The van der Waals surface area contributed by atoms with Crippen molar-refractivity contribution in [1.82, 2.24) is 19.6 Å². The highest BCUT2D eigenvalue weighted by molar-refractivity contribution is 5.74. The van der Waals surface area contributed by atoms with E-state index in [9.17, 15) is 4.79 Å². The number of urea groups is 1. The average molecular weight is 314 g/mol. The molecule has 0 spiro atoms. The van der Waals surface area contributed by atoms with Crippen molar-refractivity contribution in [3.05, 3.63) is 0 Å². The van der Waals surface area contributed by atoms with Gasteiger partial charge in [-0.05, 0) is 6.42 Å². The zero-order valence-electron chi connectivity index (χ0n) is 14.0. The molecule has 2 saturated heterocycles. The maximum absolute atomic E-state index is 12.7. The summed E-state index contributed by atoms with van der Waals surface area (Å²) in [6.45, 7) is 10.8. The Kier molecular flexibility index (Phi) is 7.38. The standard InChI is InChI=1S/C15H30N4O3/c1-3-4-16(2)15(20)19(13-17-5-9-21-10-6-17)14-18-7-11-22-12-8-18/h3-14H2,1-2H3. The zero-order chi connectivity index (χ0) is 15.8. The summed E-state index contributed by atoms with van der Waals surface area (Å²) in [7, 11) is 1.89. The lowest BCUT2D eigenvalue weighted by Gasteiger charge is -2.38. The van der Waals surface area contributed by atoms with Crippen LogP contribution in [0.15, 0.2) is 0 Å². The Labute approximate surface area is 133 Å². The third-order valence-corrected chi connectivity index (χ3v) is 4.10. The van der Waals surface area contributed by atoms with Crippen molar-refractivity contribution in [3.8, 4) is 0 Å². The van der Waals surface area contributed by atoms with Crippen LogP contribution in [0.1, 0.15) is 13.3 Å². The van der Waals surface area contributed by atoms with Crippen LogP contribution in [0.25, 0.3) is 0 Å². The van der Waals surface area contributed by atoms with Crippen LogP contribution in [0.2, 0.25) is 0 Å². The van der Waals surface area contributed by atoms with E-state index in [1.165, 1.54) is 0 Å². The van der Waals surface area contributed by atoms with Crippen molar-refractivity contribution in [2.75, 3.05) is 79.5 Å². The van der Waals surface area contributed by atoms with E-state index in [1.807, 2.05) is 16.8 Å². The Balaban J connectivity index is 1.93. The van der Waals surface area contributed by atoms with Crippen LogP contribution in [-0.2, 0) is 9.47 Å². The van der Waals surface area contributed by atoms with Crippen molar-refractivity contribution < 1.29 is 14.3 Å². The van der Waals surface area contributed by atoms with E-state index in [-0.39, 0.29) is 6.03 Å². The summed E-state index contributed by atoms with van der Waals surface area (Å²) in [5.41, 5.74) is 0. The molecule has 0 bridgehead atoms. The summed E-state index contributed by atoms with van der Waals surface area (Å²) in [5, 5.41) is 0. The number of carbonyl (C=O) groups is 1. The van der Waals surface area contributed by atoms with Gasteiger partial charge in [-0.25, -0.2) is 4.79 Å². The van der Waals surface area contributed by atoms with Gasteiger partial charge >= 0.3 is 6.03 Å². The lowest BCUT2D eigenvalue weighted by molar-refractivity contribution is -0.0157. The first-order valence-electron chi connectivity index (χ1n) is 8.31. The van der Waals surface area contributed by atoms with Crippen LogP contribution < -0.4 is 0 Å². The van der Waals surface area contributed by atoms with Crippen molar-refractivity contribution in [2.24, 2.45) is 0 Å². The minimum atomic E-state index is 0.111. The van der Waals surface area contributed by atoms with E-state index in [1.54, 1.807) is 0 Å². The molecule has 0 aliphatic carbocycles. The molecular weight excluding hydrogens is 284 g/mol. The monoisotopic (exact) mass is 314 g/mol. The molecule has 0 aromatic carbocycles. The molecule has 7 nitrogen and oxygen atoms in total. The molecule has 2 aliphatic rings. The van der Waals surface area contributed by atoms with Crippen LogP contribution in [-0.4, -0.2) is 105 Å². The highest BCUT2D eigenvalue weighted by Crippen LogP contribution is 2.07. The molecule has 2 aliphatic heterocycles. The van der Waals surface area contributed by atoms with Crippen LogP contribution >= 0.6 is 0 Å². The van der Waals surface area contributed by atoms with Crippen LogP contribution in [0, 0.1) is 0 Å². The second kappa shape index (κ2) is 9.29. The molecule has 0 aromatic rings. The van der Waals surface area contributed by atoms with Gasteiger partial charge in [-0.1, -0.05) is 6.92 Å². The fraction of sp³-hybridized carbons (Fsp3) is 0.933. The van der Waals surface area contributed by atoms with Gasteiger partial charge in [0.15, 0.2) is 0 Å². The van der Waals surface area contributed by atoms with E-state index in [0.717, 1.165) is 65.6 Å². The molecule has 22 heavy (non-hydrogen) atoms. The summed E-state index contributed by atoms with van der Waals surface area (Å²) in [5.74, 6) is 0. The average Bonchev–Trinajstić information content (AvgIpc) is 2.56. The molecule has 2 amide bonds. The number of nitrogens with zero attached hydrogens (tertiary/aromatic N) is 4. The first-order valence-corrected chi connectivity index (χ1v) is 8.31. The minimum absolute atomic E-state index is 0.111. The van der Waals surface area contributed by atoms with Crippen LogP contribution in [0.5, 0.6) is 0 Å². The topological polar surface area (TPSA) is 48.5 Å².